The summed E-state index contributed by atoms with van der Waals surface area (Å²) < 4.78 is 40.4. The maximum absolute atomic E-state index is 13.5. The molecule has 1 aromatic heterocycles. The number of thiazole rings is 1. The van der Waals surface area contributed by atoms with Crippen molar-refractivity contribution in [3.8, 4) is 6.07 Å². The van der Waals surface area contributed by atoms with Gasteiger partial charge in [-0.05, 0) is 25.5 Å². The Morgan fingerprint density at radius 1 is 1.48 bits per heavy atom. The molecule has 0 fully saturated rings. The zero-order valence-corrected chi connectivity index (χ0v) is 13.0. The number of nitriles is 1. The van der Waals surface area contributed by atoms with Gasteiger partial charge in [-0.15, -0.1) is 11.3 Å². The molecule has 2 rings (SSSR count). The summed E-state index contributed by atoms with van der Waals surface area (Å²) in [7, 11) is -4.05. The molecule has 0 saturated carbocycles. The summed E-state index contributed by atoms with van der Waals surface area (Å²) in [4.78, 5) is 4.69. The van der Waals surface area contributed by atoms with Crippen molar-refractivity contribution in [2.75, 3.05) is 4.72 Å². The fraction of sp³-hybridized carbons (Fsp3) is 0.231. The third-order valence-electron chi connectivity index (χ3n) is 2.83. The van der Waals surface area contributed by atoms with Gasteiger partial charge in [0.25, 0.3) is 10.0 Å². The van der Waals surface area contributed by atoms with Crippen LogP contribution in [-0.4, -0.2) is 13.4 Å². The molecule has 0 unspecified atom stereocenters. The van der Waals surface area contributed by atoms with Gasteiger partial charge in [-0.2, -0.15) is 5.26 Å². The van der Waals surface area contributed by atoms with Gasteiger partial charge in [0.15, 0.2) is 5.13 Å². The van der Waals surface area contributed by atoms with Crippen LogP contribution in [0, 0.1) is 24.1 Å². The molecule has 1 N–H and O–H groups in total. The summed E-state index contributed by atoms with van der Waals surface area (Å²) in [6.45, 7) is 3.76. The van der Waals surface area contributed by atoms with Crippen molar-refractivity contribution in [1.29, 1.82) is 5.26 Å². The van der Waals surface area contributed by atoms with Gasteiger partial charge in [0.2, 0.25) is 0 Å². The molecule has 21 heavy (non-hydrogen) atoms. The first-order valence-corrected chi connectivity index (χ1v) is 8.36. The van der Waals surface area contributed by atoms with E-state index in [4.69, 9.17) is 5.26 Å². The van der Waals surface area contributed by atoms with Crippen molar-refractivity contribution in [2.24, 2.45) is 0 Å². The maximum Gasteiger partial charge on any atom is 0.265 e. The highest BCUT2D eigenvalue weighted by Gasteiger charge is 2.22. The van der Waals surface area contributed by atoms with Crippen LogP contribution in [0.3, 0.4) is 0 Å². The average molecular weight is 325 g/mol. The van der Waals surface area contributed by atoms with Gasteiger partial charge in [0.1, 0.15) is 22.3 Å². The minimum Gasteiger partial charge on any atom is -0.255 e. The Morgan fingerprint density at radius 2 is 2.19 bits per heavy atom. The lowest BCUT2D eigenvalue weighted by atomic mass is 10.2. The van der Waals surface area contributed by atoms with E-state index in [2.05, 4.69) is 9.71 Å². The van der Waals surface area contributed by atoms with Gasteiger partial charge in [0.05, 0.1) is 5.69 Å². The van der Waals surface area contributed by atoms with Crippen molar-refractivity contribution in [3.63, 3.8) is 0 Å². The molecule has 1 aromatic carbocycles. The van der Waals surface area contributed by atoms with Crippen LogP contribution in [0.2, 0.25) is 0 Å². The standard InChI is InChI=1S/C13H12FN3O2S2/c1-3-11-8(2)20-13(16-11)17-21(18,19)12-6-4-5-10(14)9(12)7-15/h4-6H,3H2,1-2H3,(H,16,17). The predicted octanol–water partition coefficient (Wildman–Crippen LogP) is 2.83. The number of hydrogen-bond donors (Lipinski definition) is 1. The molecule has 8 heteroatoms. The van der Waals surface area contributed by atoms with Crippen LogP contribution in [0.1, 0.15) is 23.1 Å². The Balaban J connectivity index is 2.44. The van der Waals surface area contributed by atoms with E-state index in [9.17, 15) is 12.8 Å². The highest BCUT2D eigenvalue weighted by atomic mass is 32.2. The van der Waals surface area contributed by atoms with E-state index in [0.717, 1.165) is 16.6 Å². The van der Waals surface area contributed by atoms with E-state index in [1.807, 2.05) is 13.8 Å². The third-order valence-corrected chi connectivity index (χ3v) is 5.26. The predicted molar refractivity (Wildman–Crippen MR) is 78.2 cm³/mol. The Hall–Kier alpha value is -1.98. The first-order chi connectivity index (χ1) is 9.89. The highest BCUT2D eigenvalue weighted by molar-refractivity contribution is 7.93. The number of benzene rings is 1. The molecule has 0 radical (unpaired) electrons. The highest BCUT2D eigenvalue weighted by Crippen LogP contribution is 2.26. The minimum absolute atomic E-state index is 0.206. The first kappa shape index (κ1) is 15.4. The topological polar surface area (TPSA) is 82.8 Å². The van der Waals surface area contributed by atoms with Crippen LogP contribution in [0.15, 0.2) is 23.1 Å². The summed E-state index contributed by atoms with van der Waals surface area (Å²) in [6, 6.07) is 5.05. The summed E-state index contributed by atoms with van der Waals surface area (Å²) in [5.41, 5.74) is 0.298. The third kappa shape index (κ3) is 3.04. The van der Waals surface area contributed by atoms with E-state index in [1.165, 1.54) is 23.5 Å². The number of nitrogens with one attached hydrogen (secondary N) is 1. The van der Waals surface area contributed by atoms with Crippen molar-refractivity contribution in [1.82, 2.24) is 4.98 Å². The van der Waals surface area contributed by atoms with E-state index >= 15 is 0 Å². The lowest BCUT2D eigenvalue weighted by Gasteiger charge is -2.07. The fourth-order valence-electron chi connectivity index (χ4n) is 1.81. The molecule has 0 aliphatic rings. The second-order valence-electron chi connectivity index (χ2n) is 4.21. The summed E-state index contributed by atoms with van der Waals surface area (Å²) in [6.07, 6.45) is 0.688. The van der Waals surface area contributed by atoms with Crippen LogP contribution in [0.25, 0.3) is 0 Å². The molecule has 110 valence electrons. The lowest BCUT2D eigenvalue weighted by Crippen LogP contribution is -2.15. The van der Waals surface area contributed by atoms with Crippen LogP contribution in [0.4, 0.5) is 9.52 Å². The second kappa shape index (κ2) is 5.79. The molecule has 5 nitrogen and oxygen atoms in total. The van der Waals surface area contributed by atoms with Crippen molar-refractivity contribution < 1.29 is 12.8 Å². The SMILES string of the molecule is CCc1nc(NS(=O)(=O)c2cccc(F)c2C#N)sc1C. The van der Waals surface area contributed by atoms with E-state index < -0.39 is 26.3 Å². The van der Waals surface area contributed by atoms with E-state index in [0.29, 0.717) is 6.42 Å². The quantitative estimate of drug-likeness (QED) is 0.937. The molecule has 1 heterocycles. The maximum atomic E-state index is 13.5. The summed E-state index contributed by atoms with van der Waals surface area (Å²) >= 11 is 1.20. The van der Waals surface area contributed by atoms with Crippen molar-refractivity contribution >= 4 is 26.5 Å². The number of aromatic nitrogens is 1. The van der Waals surface area contributed by atoms with Gasteiger partial charge in [-0.1, -0.05) is 13.0 Å². The summed E-state index contributed by atoms with van der Waals surface area (Å²) in [5.74, 6) is -0.870. The molecule has 0 aliphatic heterocycles. The van der Waals surface area contributed by atoms with Gasteiger partial charge in [0, 0.05) is 4.88 Å². The Kier molecular flexibility index (Phi) is 4.25. The number of aryl methyl sites for hydroxylation is 2. The number of halogens is 1. The molecule has 2 aromatic rings. The smallest absolute Gasteiger partial charge is 0.255 e. The van der Waals surface area contributed by atoms with Crippen LogP contribution < -0.4 is 4.72 Å². The average Bonchev–Trinajstić information content (AvgIpc) is 2.77. The first-order valence-electron chi connectivity index (χ1n) is 6.06. The zero-order chi connectivity index (χ0) is 15.6. The Labute approximate surface area is 126 Å². The number of anilines is 1. The number of sulfonamides is 1. The number of nitrogens with zero attached hydrogens (tertiary/aromatic N) is 2. The van der Waals surface area contributed by atoms with Crippen molar-refractivity contribution in [3.05, 3.63) is 40.2 Å². The monoisotopic (exact) mass is 325 g/mol. The lowest BCUT2D eigenvalue weighted by molar-refractivity contribution is 0.593. The van der Waals surface area contributed by atoms with Crippen LogP contribution in [0.5, 0.6) is 0 Å². The Bertz CT molecular complexity index is 822. The Morgan fingerprint density at radius 3 is 2.76 bits per heavy atom. The second-order valence-corrected chi connectivity index (χ2v) is 7.06. The fourth-order valence-corrected chi connectivity index (χ4v) is 4.11. The van der Waals surface area contributed by atoms with E-state index in [-0.39, 0.29) is 5.13 Å². The molecule has 0 atom stereocenters. The van der Waals surface area contributed by atoms with E-state index in [1.54, 1.807) is 6.07 Å². The zero-order valence-electron chi connectivity index (χ0n) is 11.3. The van der Waals surface area contributed by atoms with Gasteiger partial charge in [-0.25, -0.2) is 17.8 Å². The summed E-state index contributed by atoms with van der Waals surface area (Å²) in [5, 5.41) is 9.13. The number of hydrogen-bond acceptors (Lipinski definition) is 5. The largest absolute Gasteiger partial charge is 0.265 e. The molecule has 0 saturated heterocycles. The minimum atomic E-state index is -4.05. The normalized spacial score (nSPS) is 11.1. The van der Waals surface area contributed by atoms with Crippen LogP contribution in [-0.2, 0) is 16.4 Å². The van der Waals surface area contributed by atoms with Crippen molar-refractivity contribution in [2.45, 2.75) is 25.2 Å². The molecule has 0 amide bonds. The molecule has 0 spiro atoms. The van der Waals surface area contributed by atoms with Gasteiger partial charge < -0.3 is 0 Å². The number of rotatable bonds is 4. The molecular weight excluding hydrogens is 313 g/mol. The molecule has 0 aliphatic carbocycles. The molecule has 0 bridgehead atoms. The van der Waals surface area contributed by atoms with Gasteiger partial charge in [-0.3, -0.25) is 4.72 Å². The van der Waals surface area contributed by atoms with Gasteiger partial charge >= 0.3 is 0 Å². The van der Waals surface area contributed by atoms with Crippen LogP contribution >= 0.6 is 11.3 Å². The molecular formula is C13H12FN3O2S2.